The van der Waals surface area contributed by atoms with Gasteiger partial charge in [0.2, 0.25) is 0 Å². The second-order valence-corrected chi connectivity index (χ2v) is 9.91. The Morgan fingerprint density at radius 3 is 2.56 bits per heavy atom. The Bertz CT molecular complexity index is 656. The molecule has 0 aliphatic heterocycles. The van der Waals surface area contributed by atoms with Gasteiger partial charge in [0.15, 0.2) is 5.78 Å². The van der Waals surface area contributed by atoms with E-state index in [1.807, 2.05) is 27.7 Å². The average Bonchev–Trinajstić information content (AvgIpc) is 2.70. The van der Waals surface area contributed by atoms with Gasteiger partial charge in [0.25, 0.3) is 0 Å². The van der Waals surface area contributed by atoms with Gasteiger partial charge >= 0.3 is 0 Å². The molecule has 140 valence electrons. The van der Waals surface area contributed by atoms with Crippen LogP contribution in [0, 0.1) is 28.6 Å². The zero-order valence-corrected chi connectivity index (χ0v) is 15.8. The van der Waals surface area contributed by atoms with E-state index in [0.717, 1.165) is 18.4 Å². The highest BCUT2D eigenvalue weighted by atomic mass is 19.1. The van der Waals surface area contributed by atoms with Crippen LogP contribution in [0.1, 0.15) is 66.2 Å². The number of ketones is 1. The van der Waals surface area contributed by atoms with Crippen LogP contribution in [0.5, 0.6) is 0 Å². The maximum absolute atomic E-state index is 16.8. The summed E-state index contributed by atoms with van der Waals surface area (Å²) in [4.78, 5) is 11.9. The number of carbonyl (C=O) groups excluding carboxylic acids is 1. The summed E-state index contributed by atoms with van der Waals surface area (Å²) < 4.78 is 16.8. The summed E-state index contributed by atoms with van der Waals surface area (Å²) in [7, 11) is 0. The second-order valence-electron chi connectivity index (χ2n) is 9.91. The fourth-order valence-corrected chi connectivity index (χ4v) is 7.11. The zero-order chi connectivity index (χ0) is 18.4. The molecule has 0 aromatic rings. The van der Waals surface area contributed by atoms with Gasteiger partial charge in [-0.05, 0) is 56.9 Å². The number of fused-ring (bicyclic) bond motifs is 5. The molecule has 25 heavy (non-hydrogen) atoms. The van der Waals surface area contributed by atoms with E-state index in [4.69, 9.17) is 0 Å². The molecule has 0 spiro atoms. The van der Waals surface area contributed by atoms with Gasteiger partial charge in [-0.15, -0.1) is 0 Å². The van der Waals surface area contributed by atoms with Gasteiger partial charge in [0.1, 0.15) is 5.67 Å². The number of halogens is 1. The van der Waals surface area contributed by atoms with Crippen molar-refractivity contribution in [2.45, 2.75) is 83.6 Å². The van der Waals surface area contributed by atoms with E-state index in [9.17, 15) is 15.0 Å². The van der Waals surface area contributed by atoms with Crippen LogP contribution < -0.4 is 0 Å². The van der Waals surface area contributed by atoms with Crippen molar-refractivity contribution in [3.63, 3.8) is 0 Å². The number of aliphatic hydroxyl groups excluding tert-OH is 1. The third-order valence-electron chi connectivity index (χ3n) is 9.16. The number of alkyl halides is 1. The number of hydrogen-bond donors (Lipinski definition) is 2. The fourth-order valence-electron chi connectivity index (χ4n) is 7.11. The van der Waals surface area contributed by atoms with E-state index in [1.54, 1.807) is 6.08 Å². The molecule has 4 aliphatic carbocycles. The lowest BCUT2D eigenvalue weighted by Crippen LogP contribution is -2.68. The monoisotopic (exact) mass is 350 g/mol. The minimum Gasteiger partial charge on any atom is -0.390 e. The Hall–Kier alpha value is -0.740. The molecule has 0 saturated heterocycles. The first kappa shape index (κ1) is 17.7. The lowest BCUT2D eigenvalue weighted by atomic mass is 9.44. The molecular weight excluding hydrogens is 319 g/mol. The van der Waals surface area contributed by atoms with Crippen molar-refractivity contribution in [3.8, 4) is 0 Å². The lowest BCUT2D eigenvalue weighted by Gasteiger charge is -2.63. The largest absolute Gasteiger partial charge is 0.390 e. The van der Waals surface area contributed by atoms with E-state index in [2.05, 4.69) is 0 Å². The van der Waals surface area contributed by atoms with Gasteiger partial charge in [-0.2, -0.15) is 0 Å². The van der Waals surface area contributed by atoms with E-state index in [-0.39, 0.29) is 23.5 Å². The maximum Gasteiger partial charge on any atom is 0.155 e. The van der Waals surface area contributed by atoms with Crippen LogP contribution in [0.4, 0.5) is 4.39 Å². The van der Waals surface area contributed by atoms with E-state index >= 15 is 4.39 Å². The van der Waals surface area contributed by atoms with Gasteiger partial charge in [-0.25, -0.2) is 4.39 Å². The standard InChI is InChI=1S/C21H31FO3/c1-12-9-16-15-6-5-13-10-14(23)7-8-18(13,2)21(15,22)17(24)11-19(16,3)20(12,4)25/h10,12,15-17,24-25H,5-9,11H2,1-4H3/t12-,15-,16-,17+,18-,19-,20-,21-/m0/s1. The van der Waals surface area contributed by atoms with Crippen LogP contribution in [0.25, 0.3) is 0 Å². The van der Waals surface area contributed by atoms with Crippen LogP contribution in [0.3, 0.4) is 0 Å². The molecule has 0 aromatic carbocycles. The molecule has 0 bridgehead atoms. The number of hydrogen-bond acceptors (Lipinski definition) is 3. The molecule has 0 radical (unpaired) electrons. The highest BCUT2D eigenvalue weighted by molar-refractivity contribution is 5.91. The molecule has 4 heteroatoms. The normalized spacial score (nSPS) is 58.2. The van der Waals surface area contributed by atoms with Crippen LogP contribution in [0.15, 0.2) is 11.6 Å². The third kappa shape index (κ3) is 1.86. The Morgan fingerprint density at radius 2 is 1.88 bits per heavy atom. The summed E-state index contributed by atoms with van der Waals surface area (Å²) in [5.74, 6) is -0.00765. The van der Waals surface area contributed by atoms with Crippen molar-refractivity contribution in [1.82, 2.24) is 0 Å². The second kappa shape index (κ2) is 4.95. The van der Waals surface area contributed by atoms with Crippen molar-refractivity contribution in [2.24, 2.45) is 28.6 Å². The van der Waals surface area contributed by atoms with Crippen molar-refractivity contribution in [2.75, 3.05) is 0 Å². The topological polar surface area (TPSA) is 57.5 Å². The predicted molar refractivity (Wildman–Crippen MR) is 93.6 cm³/mol. The smallest absolute Gasteiger partial charge is 0.155 e. The number of allylic oxidation sites excluding steroid dienone is 1. The highest BCUT2D eigenvalue weighted by Crippen LogP contribution is 2.70. The summed E-state index contributed by atoms with van der Waals surface area (Å²) >= 11 is 0. The molecule has 2 N–H and O–H groups in total. The molecule has 8 atom stereocenters. The van der Waals surface area contributed by atoms with Gasteiger partial charge < -0.3 is 10.2 Å². The number of carbonyl (C=O) groups is 1. The zero-order valence-electron chi connectivity index (χ0n) is 15.8. The number of rotatable bonds is 0. The minimum absolute atomic E-state index is 0.0712. The van der Waals surface area contributed by atoms with Crippen LogP contribution in [-0.2, 0) is 4.79 Å². The quantitative estimate of drug-likeness (QED) is 0.702. The summed E-state index contributed by atoms with van der Waals surface area (Å²) in [5, 5.41) is 22.2. The molecule has 3 fully saturated rings. The number of aliphatic hydroxyl groups is 2. The predicted octanol–water partition coefficient (Wildman–Crippen LogP) is 3.58. The maximum atomic E-state index is 16.8. The van der Waals surface area contributed by atoms with Gasteiger partial charge in [-0.3, -0.25) is 4.79 Å². The summed E-state index contributed by atoms with van der Waals surface area (Å²) in [6.07, 6.45) is 3.88. The van der Waals surface area contributed by atoms with Crippen LogP contribution in [-0.4, -0.2) is 33.4 Å². The molecule has 3 nitrogen and oxygen atoms in total. The van der Waals surface area contributed by atoms with Crippen molar-refractivity contribution >= 4 is 5.78 Å². The van der Waals surface area contributed by atoms with Gasteiger partial charge in [-0.1, -0.05) is 26.3 Å². The van der Waals surface area contributed by atoms with E-state index < -0.39 is 28.2 Å². The van der Waals surface area contributed by atoms with E-state index in [0.29, 0.717) is 25.7 Å². The van der Waals surface area contributed by atoms with E-state index in [1.165, 1.54) is 0 Å². The molecule has 0 heterocycles. The Morgan fingerprint density at radius 1 is 1.20 bits per heavy atom. The minimum atomic E-state index is -1.71. The average molecular weight is 350 g/mol. The Balaban J connectivity index is 1.83. The molecule has 4 rings (SSSR count). The van der Waals surface area contributed by atoms with Crippen molar-refractivity contribution in [1.29, 1.82) is 0 Å². The molecule has 0 aromatic heterocycles. The Labute approximate surface area is 149 Å². The summed E-state index contributed by atoms with van der Waals surface area (Å²) in [6, 6.07) is 0. The molecular formula is C21H31FO3. The molecule has 4 aliphatic rings. The molecule has 0 unspecified atom stereocenters. The Kier molecular flexibility index (Phi) is 3.50. The molecule has 3 saturated carbocycles. The summed E-state index contributed by atoms with van der Waals surface area (Å²) in [5.41, 5.74) is -2.93. The molecule has 0 amide bonds. The first-order valence-electron chi connectivity index (χ1n) is 9.81. The first-order valence-corrected chi connectivity index (χ1v) is 9.81. The van der Waals surface area contributed by atoms with Crippen LogP contribution in [0.2, 0.25) is 0 Å². The van der Waals surface area contributed by atoms with Crippen molar-refractivity contribution in [3.05, 3.63) is 11.6 Å². The van der Waals surface area contributed by atoms with Crippen molar-refractivity contribution < 1.29 is 19.4 Å². The van der Waals surface area contributed by atoms with Gasteiger partial charge in [0, 0.05) is 23.2 Å². The first-order chi connectivity index (χ1) is 11.5. The lowest BCUT2D eigenvalue weighted by molar-refractivity contribution is -0.227. The van der Waals surface area contributed by atoms with Crippen LogP contribution >= 0.6 is 0 Å². The van der Waals surface area contributed by atoms with Gasteiger partial charge in [0.05, 0.1) is 11.7 Å². The SMILES string of the molecule is C[C@H]1C[C@H]2[C@@H]3CCC4=CC(=O)CC[C@]4(C)[C@@]3(F)[C@H](O)C[C@]2(C)[C@@]1(C)O. The summed E-state index contributed by atoms with van der Waals surface area (Å²) in [6.45, 7) is 7.87. The highest BCUT2D eigenvalue weighted by Gasteiger charge is 2.73. The third-order valence-corrected chi connectivity index (χ3v) is 9.16. The fraction of sp³-hybridized carbons (Fsp3) is 0.857.